The number of pyridine rings is 2. The molecule has 0 saturated heterocycles. The van der Waals surface area contributed by atoms with Crippen molar-refractivity contribution in [3.8, 4) is 22.8 Å². The van der Waals surface area contributed by atoms with Gasteiger partial charge in [0.05, 0.1) is 6.20 Å². The van der Waals surface area contributed by atoms with E-state index in [0.29, 0.717) is 28.0 Å². The number of aryl methyl sites for hydroxylation is 1. The first-order valence-corrected chi connectivity index (χ1v) is 11.1. The molecule has 0 radical (unpaired) electrons. The summed E-state index contributed by atoms with van der Waals surface area (Å²) in [4.78, 5) is 16.2. The van der Waals surface area contributed by atoms with Gasteiger partial charge in [-0.15, -0.1) is 0 Å². The molecule has 7 nitrogen and oxygen atoms in total. The van der Waals surface area contributed by atoms with Crippen LogP contribution < -0.4 is 15.0 Å². The van der Waals surface area contributed by atoms with Gasteiger partial charge in [-0.3, -0.25) is 9.52 Å². The summed E-state index contributed by atoms with van der Waals surface area (Å²) in [7, 11) is -2.23. The van der Waals surface area contributed by atoms with Gasteiger partial charge in [-0.25, -0.2) is 22.2 Å². The Morgan fingerprint density at radius 3 is 2.52 bits per heavy atom. The third-order valence-electron chi connectivity index (χ3n) is 4.82. The molecule has 1 N–H and O–H groups in total. The summed E-state index contributed by atoms with van der Waals surface area (Å²) >= 11 is 0. The van der Waals surface area contributed by atoms with E-state index >= 15 is 0 Å². The first-order chi connectivity index (χ1) is 15.7. The number of benzene rings is 2. The maximum Gasteiger partial charge on any atom is 0.258 e. The molecular weight excluding hydrogens is 452 g/mol. The van der Waals surface area contributed by atoms with Crippen LogP contribution in [0.3, 0.4) is 0 Å². The van der Waals surface area contributed by atoms with Crippen molar-refractivity contribution in [2.45, 2.75) is 0 Å². The lowest BCUT2D eigenvalue weighted by Gasteiger charge is -2.16. The number of halogens is 2. The van der Waals surface area contributed by atoms with Crippen molar-refractivity contribution >= 4 is 26.5 Å². The fourth-order valence-corrected chi connectivity index (χ4v) is 3.85. The molecule has 4 rings (SSSR count). The number of fused-ring (bicyclic) bond motifs is 1. The summed E-state index contributed by atoms with van der Waals surface area (Å²) in [5, 5.41) is 1.75. The van der Waals surface area contributed by atoms with Gasteiger partial charge in [0.2, 0.25) is 0 Å². The maximum absolute atomic E-state index is 14.2. The van der Waals surface area contributed by atoms with Gasteiger partial charge in [0.25, 0.3) is 21.5 Å². The molecule has 0 aliphatic rings. The Balaban J connectivity index is 1.96. The van der Waals surface area contributed by atoms with E-state index in [1.807, 2.05) is 0 Å². The number of nitrogens with zero attached hydrogens (tertiary/aromatic N) is 2. The first-order valence-electron chi connectivity index (χ1n) is 9.55. The lowest BCUT2D eigenvalue weighted by atomic mass is 9.99. The normalized spacial score (nSPS) is 11.4. The van der Waals surface area contributed by atoms with E-state index in [1.54, 1.807) is 37.5 Å². The van der Waals surface area contributed by atoms with Crippen molar-refractivity contribution in [2.75, 3.05) is 4.72 Å². The van der Waals surface area contributed by atoms with Crippen molar-refractivity contribution < 1.29 is 21.9 Å². The predicted molar refractivity (Wildman–Crippen MR) is 122 cm³/mol. The highest BCUT2D eigenvalue weighted by molar-refractivity contribution is 7.95. The van der Waals surface area contributed by atoms with Gasteiger partial charge in [0.15, 0.2) is 5.82 Å². The van der Waals surface area contributed by atoms with Crippen molar-refractivity contribution in [1.29, 1.82) is 0 Å². The highest BCUT2D eigenvalue weighted by Crippen LogP contribution is 2.38. The van der Waals surface area contributed by atoms with Gasteiger partial charge in [0.1, 0.15) is 11.6 Å². The second-order valence-corrected chi connectivity index (χ2v) is 8.70. The molecule has 0 bridgehead atoms. The molecule has 0 amide bonds. The summed E-state index contributed by atoms with van der Waals surface area (Å²) in [5.74, 6) is -2.23. The number of rotatable bonds is 6. The Morgan fingerprint density at radius 2 is 1.82 bits per heavy atom. The van der Waals surface area contributed by atoms with Crippen LogP contribution in [0.15, 0.2) is 77.7 Å². The van der Waals surface area contributed by atoms with Gasteiger partial charge < -0.3 is 9.30 Å². The topological polar surface area (TPSA) is 90.3 Å². The zero-order valence-electron chi connectivity index (χ0n) is 17.2. The molecule has 0 fully saturated rings. The standard InChI is InChI=1S/C23H17F2N3O4S/c1-3-33(30,31)27-15-8-9-21(32-22-20(25)10-14(24)12-26-22)18(11-15)19-13-28(2)23(29)17-7-5-4-6-16(17)19/h3-13,27H,1H2,2H3. The van der Waals surface area contributed by atoms with Crippen LogP contribution >= 0.6 is 0 Å². The molecule has 2 heterocycles. The molecule has 10 heteroatoms. The number of nitrogens with one attached hydrogen (secondary N) is 1. The minimum absolute atomic E-state index is 0.110. The van der Waals surface area contributed by atoms with Crippen LogP contribution in [0.25, 0.3) is 21.9 Å². The molecule has 0 saturated carbocycles. The van der Waals surface area contributed by atoms with E-state index < -0.39 is 27.5 Å². The fraction of sp³-hybridized carbons (Fsp3) is 0.0435. The first kappa shape index (κ1) is 22.2. The van der Waals surface area contributed by atoms with Crippen LogP contribution in [0.1, 0.15) is 0 Å². The van der Waals surface area contributed by atoms with Crippen molar-refractivity contribution in [3.05, 3.63) is 94.9 Å². The third-order valence-corrected chi connectivity index (χ3v) is 5.78. The van der Waals surface area contributed by atoms with Gasteiger partial charge in [-0.2, -0.15) is 0 Å². The Bertz CT molecular complexity index is 1570. The van der Waals surface area contributed by atoms with Crippen molar-refractivity contribution in [2.24, 2.45) is 7.05 Å². The molecule has 0 atom stereocenters. The van der Waals surface area contributed by atoms with Crippen LogP contribution in [-0.2, 0) is 17.1 Å². The minimum Gasteiger partial charge on any atom is -0.436 e. The summed E-state index contributed by atoms with van der Waals surface area (Å²) in [5.41, 5.74) is 0.816. The van der Waals surface area contributed by atoms with Gasteiger partial charge in [-0.1, -0.05) is 24.8 Å². The SMILES string of the molecule is C=CS(=O)(=O)Nc1ccc(Oc2ncc(F)cc2F)c(-c2cn(C)c(=O)c3ccccc23)c1. The van der Waals surface area contributed by atoms with Crippen molar-refractivity contribution in [3.63, 3.8) is 0 Å². The van der Waals surface area contributed by atoms with Crippen LogP contribution in [0.2, 0.25) is 0 Å². The highest BCUT2D eigenvalue weighted by atomic mass is 32.2. The largest absolute Gasteiger partial charge is 0.436 e. The van der Waals surface area contributed by atoms with Crippen LogP contribution in [0.5, 0.6) is 11.6 Å². The lowest BCUT2D eigenvalue weighted by Crippen LogP contribution is -2.16. The van der Waals surface area contributed by atoms with E-state index in [4.69, 9.17) is 4.74 Å². The number of hydrogen-bond acceptors (Lipinski definition) is 5. The molecule has 0 unspecified atom stereocenters. The molecular formula is C23H17F2N3O4S. The number of hydrogen-bond donors (Lipinski definition) is 1. The van der Waals surface area contributed by atoms with E-state index in [9.17, 15) is 22.0 Å². The Morgan fingerprint density at radius 1 is 1.09 bits per heavy atom. The van der Waals surface area contributed by atoms with E-state index in [0.717, 1.165) is 11.6 Å². The van der Waals surface area contributed by atoms with Gasteiger partial charge >= 0.3 is 0 Å². The molecule has 2 aromatic carbocycles. The average molecular weight is 469 g/mol. The zero-order chi connectivity index (χ0) is 23.8. The number of ether oxygens (including phenoxy) is 1. The van der Waals surface area contributed by atoms with Gasteiger partial charge in [-0.05, 0) is 29.7 Å². The molecule has 0 spiro atoms. The summed E-state index contributed by atoms with van der Waals surface area (Å²) < 4.78 is 60.8. The maximum atomic E-state index is 14.2. The zero-order valence-corrected chi connectivity index (χ0v) is 18.1. The number of aromatic nitrogens is 2. The molecule has 33 heavy (non-hydrogen) atoms. The Hall–Kier alpha value is -4.05. The quantitative estimate of drug-likeness (QED) is 0.447. The summed E-state index contributed by atoms with van der Waals surface area (Å²) in [6, 6.07) is 11.8. The van der Waals surface area contributed by atoms with Crippen LogP contribution in [-0.4, -0.2) is 18.0 Å². The van der Waals surface area contributed by atoms with Crippen molar-refractivity contribution in [1.82, 2.24) is 9.55 Å². The third kappa shape index (κ3) is 4.46. The Labute approximate surface area is 187 Å². The fourth-order valence-electron chi connectivity index (χ4n) is 3.31. The molecule has 4 aromatic rings. The predicted octanol–water partition coefficient (Wildman–Crippen LogP) is 4.56. The Kier molecular flexibility index (Phi) is 5.69. The molecule has 0 aliphatic carbocycles. The monoisotopic (exact) mass is 469 g/mol. The molecule has 168 valence electrons. The lowest BCUT2D eigenvalue weighted by molar-refractivity contribution is 0.418. The number of sulfonamides is 1. The molecule has 0 aliphatic heterocycles. The van der Waals surface area contributed by atoms with E-state index in [2.05, 4.69) is 16.3 Å². The van der Waals surface area contributed by atoms with E-state index in [-0.39, 0.29) is 17.0 Å². The number of anilines is 1. The van der Waals surface area contributed by atoms with E-state index in [1.165, 1.54) is 22.8 Å². The molecule has 2 aromatic heterocycles. The summed E-state index contributed by atoms with van der Waals surface area (Å²) in [6.45, 7) is 3.27. The van der Waals surface area contributed by atoms with Crippen LogP contribution in [0.4, 0.5) is 14.5 Å². The minimum atomic E-state index is -3.81. The second-order valence-electron chi connectivity index (χ2n) is 7.07. The highest BCUT2D eigenvalue weighted by Gasteiger charge is 2.18. The van der Waals surface area contributed by atoms with Crippen LogP contribution in [0, 0.1) is 11.6 Å². The second kappa shape index (κ2) is 8.47. The summed E-state index contributed by atoms with van der Waals surface area (Å²) in [6.07, 6.45) is 2.37. The smallest absolute Gasteiger partial charge is 0.258 e. The van der Waals surface area contributed by atoms with Gasteiger partial charge in [0, 0.05) is 46.9 Å². The average Bonchev–Trinajstić information content (AvgIpc) is 2.79.